The van der Waals surface area contributed by atoms with Crippen molar-refractivity contribution in [2.75, 3.05) is 12.9 Å². The van der Waals surface area contributed by atoms with E-state index in [0.717, 1.165) is 24.5 Å². The summed E-state index contributed by atoms with van der Waals surface area (Å²) in [6.07, 6.45) is -3.89. The van der Waals surface area contributed by atoms with Crippen molar-refractivity contribution in [1.29, 1.82) is 0 Å². The van der Waals surface area contributed by atoms with Crippen LogP contribution in [0, 0.1) is 12.7 Å². The third-order valence-electron chi connectivity index (χ3n) is 5.17. The number of carbonyl (C=O) groups excluding carboxylic acids is 1. The Hall–Kier alpha value is -3.18. The van der Waals surface area contributed by atoms with Crippen LogP contribution in [-0.4, -0.2) is 36.9 Å². The molecule has 1 heterocycles. The van der Waals surface area contributed by atoms with Gasteiger partial charge in [-0.3, -0.25) is 4.79 Å². The molecule has 3 aromatic rings. The number of alkyl halides is 3. The van der Waals surface area contributed by atoms with Crippen molar-refractivity contribution in [2.45, 2.75) is 24.5 Å². The highest BCUT2D eigenvalue weighted by Crippen LogP contribution is 2.42. The molecule has 1 aromatic heterocycles. The number of rotatable bonds is 6. The third-order valence-corrected chi connectivity index (χ3v) is 6.30. The SMILES string of the molecule is Cc1c(C(N)=O)c(-c2ccc(S(C)(=O)=O)c(F)c2)n(CCO)c1-c1ccccc1C(F)(F)F. The van der Waals surface area contributed by atoms with Gasteiger partial charge in [0.2, 0.25) is 0 Å². The highest BCUT2D eigenvalue weighted by atomic mass is 32.2. The molecule has 0 aliphatic heterocycles. The molecule has 1 amide bonds. The number of amides is 1. The summed E-state index contributed by atoms with van der Waals surface area (Å²) < 4.78 is 80.6. The minimum absolute atomic E-state index is 0.0148. The smallest absolute Gasteiger partial charge is 0.395 e. The van der Waals surface area contributed by atoms with E-state index in [9.17, 15) is 35.9 Å². The van der Waals surface area contributed by atoms with E-state index in [0.29, 0.717) is 0 Å². The van der Waals surface area contributed by atoms with Crippen LogP contribution in [0.5, 0.6) is 0 Å². The first-order valence-corrected chi connectivity index (χ1v) is 11.5. The molecule has 0 atom stereocenters. The molecule has 3 rings (SSSR count). The number of benzene rings is 2. The zero-order valence-corrected chi connectivity index (χ0v) is 18.4. The predicted octanol–water partition coefficient (Wildman–Crippen LogP) is 3.78. The van der Waals surface area contributed by atoms with Crippen LogP contribution in [0.25, 0.3) is 22.5 Å². The first-order valence-electron chi connectivity index (χ1n) is 9.59. The number of aliphatic hydroxyl groups excluding tert-OH is 1. The van der Waals surface area contributed by atoms with E-state index in [1.54, 1.807) is 0 Å². The topological polar surface area (TPSA) is 102 Å². The first kappa shape index (κ1) is 24.5. The van der Waals surface area contributed by atoms with Crippen molar-refractivity contribution in [3.8, 4) is 22.5 Å². The molecule has 0 radical (unpaired) electrons. The van der Waals surface area contributed by atoms with Crippen LogP contribution in [0.1, 0.15) is 21.5 Å². The van der Waals surface area contributed by atoms with Gasteiger partial charge in [-0.05, 0) is 30.7 Å². The Bertz CT molecular complexity index is 1350. The second-order valence-electron chi connectivity index (χ2n) is 7.40. The molecule has 33 heavy (non-hydrogen) atoms. The average molecular weight is 484 g/mol. The molecule has 0 unspecified atom stereocenters. The fourth-order valence-corrected chi connectivity index (χ4v) is 4.63. The molecule has 0 aliphatic carbocycles. The zero-order chi connectivity index (χ0) is 24.7. The highest BCUT2D eigenvalue weighted by molar-refractivity contribution is 7.90. The second kappa shape index (κ2) is 8.64. The van der Waals surface area contributed by atoms with E-state index >= 15 is 0 Å². The lowest BCUT2D eigenvalue weighted by Crippen LogP contribution is -2.14. The summed E-state index contributed by atoms with van der Waals surface area (Å²) >= 11 is 0. The lowest BCUT2D eigenvalue weighted by molar-refractivity contribution is -0.137. The number of aromatic nitrogens is 1. The number of hydrogen-bond donors (Lipinski definition) is 2. The lowest BCUT2D eigenvalue weighted by Gasteiger charge is -2.17. The van der Waals surface area contributed by atoms with Crippen LogP contribution in [0.4, 0.5) is 17.6 Å². The van der Waals surface area contributed by atoms with Gasteiger partial charge in [0.15, 0.2) is 9.84 Å². The summed E-state index contributed by atoms with van der Waals surface area (Å²) in [4.78, 5) is 11.8. The Morgan fingerprint density at radius 1 is 1.12 bits per heavy atom. The monoisotopic (exact) mass is 484 g/mol. The molecular weight excluding hydrogens is 464 g/mol. The number of nitrogens with zero attached hydrogens (tertiary/aromatic N) is 1. The van der Waals surface area contributed by atoms with E-state index in [1.165, 1.54) is 35.8 Å². The van der Waals surface area contributed by atoms with Crippen LogP contribution < -0.4 is 5.73 Å². The summed E-state index contributed by atoms with van der Waals surface area (Å²) in [5.74, 6) is -2.07. The van der Waals surface area contributed by atoms with Gasteiger partial charge in [0.1, 0.15) is 10.7 Å². The summed E-state index contributed by atoms with van der Waals surface area (Å²) in [5.41, 5.74) is 4.23. The maximum absolute atomic E-state index is 14.6. The number of halogens is 4. The van der Waals surface area contributed by atoms with Crippen molar-refractivity contribution in [2.24, 2.45) is 5.73 Å². The number of sulfone groups is 1. The highest BCUT2D eigenvalue weighted by Gasteiger charge is 2.36. The Balaban J connectivity index is 2.44. The van der Waals surface area contributed by atoms with Crippen molar-refractivity contribution in [3.05, 3.63) is 65.0 Å². The molecule has 0 saturated heterocycles. The van der Waals surface area contributed by atoms with Gasteiger partial charge in [-0.1, -0.05) is 24.3 Å². The molecule has 0 aliphatic rings. The molecule has 11 heteroatoms. The van der Waals surface area contributed by atoms with Crippen LogP contribution in [-0.2, 0) is 22.6 Å². The second-order valence-corrected chi connectivity index (χ2v) is 9.38. The maximum Gasteiger partial charge on any atom is 0.417 e. The van der Waals surface area contributed by atoms with Gasteiger partial charge in [0.05, 0.1) is 29.1 Å². The first-order chi connectivity index (χ1) is 15.3. The molecular formula is C22H20F4N2O4S. The molecule has 2 aromatic carbocycles. The van der Waals surface area contributed by atoms with Gasteiger partial charge in [0.25, 0.3) is 5.91 Å². The predicted molar refractivity (Wildman–Crippen MR) is 114 cm³/mol. The molecule has 6 nitrogen and oxygen atoms in total. The minimum atomic E-state index is -4.71. The number of carbonyl (C=O) groups is 1. The molecule has 3 N–H and O–H groups in total. The minimum Gasteiger partial charge on any atom is -0.395 e. The molecule has 0 saturated carbocycles. The van der Waals surface area contributed by atoms with Gasteiger partial charge in [-0.25, -0.2) is 12.8 Å². The summed E-state index contributed by atoms with van der Waals surface area (Å²) in [7, 11) is -3.89. The zero-order valence-electron chi connectivity index (χ0n) is 17.6. The Labute approximate surface area is 187 Å². The summed E-state index contributed by atoms with van der Waals surface area (Å²) in [6, 6.07) is 7.81. The molecule has 0 bridgehead atoms. The third kappa shape index (κ3) is 4.51. The van der Waals surface area contributed by atoms with E-state index in [-0.39, 0.29) is 40.2 Å². The van der Waals surface area contributed by atoms with Gasteiger partial charge in [0, 0.05) is 23.9 Å². The maximum atomic E-state index is 14.6. The van der Waals surface area contributed by atoms with E-state index in [4.69, 9.17) is 5.73 Å². The lowest BCUT2D eigenvalue weighted by atomic mass is 9.99. The van der Waals surface area contributed by atoms with E-state index < -0.39 is 44.8 Å². The summed E-state index contributed by atoms with van der Waals surface area (Å²) in [6.45, 7) is 0.659. The van der Waals surface area contributed by atoms with Crippen LogP contribution in [0.3, 0.4) is 0 Å². The summed E-state index contributed by atoms with van der Waals surface area (Å²) in [5, 5.41) is 9.62. The van der Waals surface area contributed by atoms with Crippen LogP contribution in [0.2, 0.25) is 0 Å². The van der Waals surface area contributed by atoms with Crippen molar-refractivity contribution in [1.82, 2.24) is 4.57 Å². The Morgan fingerprint density at radius 2 is 1.76 bits per heavy atom. The Morgan fingerprint density at radius 3 is 2.27 bits per heavy atom. The molecule has 0 spiro atoms. The van der Waals surface area contributed by atoms with Gasteiger partial charge < -0.3 is 15.4 Å². The number of hydrogen-bond acceptors (Lipinski definition) is 4. The van der Waals surface area contributed by atoms with Gasteiger partial charge in [-0.15, -0.1) is 0 Å². The number of nitrogens with two attached hydrogens (primary N) is 1. The van der Waals surface area contributed by atoms with E-state index in [1.807, 2.05) is 0 Å². The van der Waals surface area contributed by atoms with Crippen molar-refractivity contribution in [3.63, 3.8) is 0 Å². The standard InChI is InChI=1S/C22H20F4N2O4S/c1-12-18(21(27)30)20(13-7-8-17(16(23)11-13)33(2,31)32)28(9-10-29)19(12)14-5-3-4-6-15(14)22(24,25)26/h3-8,11,29H,9-10H2,1-2H3,(H2,27,30). The average Bonchev–Trinajstić information content (AvgIpc) is 2.98. The van der Waals surface area contributed by atoms with Crippen LogP contribution in [0.15, 0.2) is 47.4 Å². The molecule has 0 fully saturated rings. The normalized spacial score (nSPS) is 12.2. The molecule has 176 valence electrons. The fourth-order valence-electron chi connectivity index (χ4n) is 3.90. The number of aliphatic hydroxyl groups is 1. The number of primary amides is 1. The fraction of sp³-hybridized carbons (Fsp3) is 0.227. The van der Waals surface area contributed by atoms with Gasteiger partial charge >= 0.3 is 6.18 Å². The van der Waals surface area contributed by atoms with Crippen LogP contribution >= 0.6 is 0 Å². The van der Waals surface area contributed by atoms with Gasteiger partial charge in [-0.2, -0.15) is 13.2 Å². The van der Waals surface area contributed by atoms with E-state index in [2.05, 4.69) is 0 Å². The largest absolute Gasteiger partial charge is 0.417 e. The van der Waals surface area contributed by atoms with Crippen molar-refractivity contribution >= 4 is 15.7 Å². The quantitative estimate of drug-likeness (QED) is 0.520. The van der Waals surface area contributed by atoms with Crippen molar-refractivity contribution < 1.29 is 35.9 Å². The Kier molecular flexibility index (Phi) is 6.40.